The van der Waals surface area contributed by atoms with Gasteiger partial charge in [-0.1, -0.05) is 35.4 Å². The molecule has 0 aromatic heterocycles. The smallest absolute Gasteiger partial charge is 0.258 e. The van der Waals surface area contributed by atoms with E-state index >= 15 is 0 Å². The number of carbonyl (C=O) groups is 1. The molecule has 0 heterocycles. The normalized spacial score (nSPS) is 9.60. The largest absolute Gasteiger partial charge is 0.309 e. The predicted molar refractivity (Wildman–Crippen MR) is 49.7 cm³/mol. The number of hydrogen-bond acceptors (Lipinski definition) is 3. The number of rotatable bonds is 1. The summed E-state index contributed by atoms with van der Waals surface area (Å²) in [4.78, 5) is 9.59. The molecule has 0 saturated heterocycles. The standard InChI is InChI=1S/C4H5Cl2NOS2/c1-10-4(9)7-3(8)2(5)6/h2H,1H3,(H,7,8,9). The first-order chi connectivity index (χ1) is 4.57. The molecule has 0 spiro atoms. The van der Waals surface area contributed by atoms with Gasteiger partial charge in [-0.15, -0.1) is 11.8 Å². The van der Waals surface area contributed by atoms with Crippen molar-refractivity contribution in [2.45, 2.75) is 4.84 Å². The molecule has 0 aliphatic heterocycles. The van der Waals surface area contributed by atoms with Crippen LogP contribution in [0.2, 0.25) is 0 Å². The molecule has 1 N–H and O–H groups in total. The van der Waals surface area contributed by atoms with Gasteiger partial charge in [-0.3, -0.25) is 4.79 Å². The van der Waals surface area contributed by atoms with E-state index in [0.29, 0.717) is 4.32 Å². The summed E-state index contributed by atoms with van der Waals surface area (Å²) in [6, 6.07) is 0. The van der Waals surface area contributed by atoms with Crippen LogP contribution >= 0.6 is 47.2 Å². The first-order valence-corrected chi connectivity index (χ1v) is 4.75. The lowest BCUT2D eigenvalue weighted by molar-refractivity contribution is -0.117. The second-order valence-corrected chi connectivity index (χ2v) is 3.86. The van der Waals surface area contributed by atoms with Crippen molar-refractivity contribution in [2.75, 3.05) is 6.26 Å². The van der Waals surface area contributed by atoms with Crippen molar-refractivity contribution < 1.29 is 4.79 Å². The minimum Gasteiger partial charge on any atom is -0.309 e. The number of nitrogens with one attached hydrogen (secondary N) is 1. The molecule has 58 valence electrons. The number of amides is 1. The van der Waals surface area contributed by atoms with Crippen molar-refractivity contribution >= 4 is 57.4 Å². The molecule has 0 aromatic carbocycles. The fraction of sp³-hybridized carbons (Fsp3) is 0.500. The number of thioether (sulfide) groups is 1. The van der Waals surface area contributed by atoms with Crippen molar-refractivity contribution in [3.63, 3.8) is 0 Å². The van der Waals surface area contributed by atoms with E-state index in [-0.39, 0.29) is 0 Å². The fourth-order valence-electron chi connectivity index (χ4n) is 0.206. The van der Waals surface area contributed by atoms with E-state index in [1.807, 2.05) is 0 Å². The molecule has 6 heteroatoms. The average molecular weight is 218 g/mol. The van der Waals surface area contributed by atoms with Crippen molar-refractivity contribution in [1.29, 1.82) is 0 Å². The molecule has 1 amide bonds. The highest BCUT2D eigenvalue weighted by atomic mass is 35.5. The van der Waals surface area contributed by atoms with Gasteiger partial charge in [0.25, 0.3) is 5.91 Å². The molecular formula is C4H5Cl2NOS2. The zero-order chi connectivity index (χ0) is 8.15. The second kappa shape index (κ2) is 5.18. The Morgan fingerprint density at radius 1 is 1.70 bits per heavy atom. The van der Waals surface area contributed by atoms with Gasteiger partial charge in [0.05, 0.1) is 0 Å². The second-order valence-electron chi connectivity index (χ2n) is 1.28. The fourth-order valence-corrected chi connectivity index (χ4v) is 0.619. The molecule has 10 heavy (non-hydrogen) atoms. The SMILES string of the molecule is CSC(=S)NC(=O)C(Cl)Cl. The van der Waals surface area contributed by atoms with E-state index in [2.05, 4.69) is 17.5 Å². The molecule has 2 nitrogen and oxygen atoms in total. The summed E-state index contributed by atoms with van der Waals surface area (Å²) >= 11 is 16.3. The Morgan fingerprint density at radius 2 is 2.20 bits per heavy atom. The number of hydrogen-bond donors (Lipinski definition) is 1. The van der Waals surface area contributed by atoms with Crippen LogP contribution in [0.15, 0.2) is 0 Å². The zero-order valence-corrected chi connectivity index (χ0v) is 8.20. The molecule has 0 unspecified atom stereocenters. The maximum atomic E-state index is 10.6. The summed E-state index contributed by atoms with van der Waals surface area (Å²) in [5.74, 6) is -0.484. The van der Waals surface area contributed by atoms with Crippen LogP contribution in [0, 0.1) is 0 Å². The molecule has 0 atom stereocenters. The summed E-state index contributed by atoms with van der Waals surface area (Å²) in [5, 5.41) is 2.32. The highest BCUT2D eigenvalue weighted by Gasteiger charge is 2.11. The topological polar surface area (TPSA) is 29.1 Å². The van der Waals surface area contributed by atoms with E-state index in [1.54, 1.807) is 6.26 Å². The summed E-state index contributed by atoms with van der Waals surface area (Å²) < 4.78 is 0.372. The minimum atomic E-state index is -1.05. The Hall–Kier alpha value is 0.490. The molecule has 0 rings (SSSR count). The molecule has 0 radical (unpaired) electrons. The Morgan fingerprint density at radius 3 is 2.50 bits per heavy atom. The van der Waals surface area contributed by atoms with Crippen molar-refractivity contribution in [2.24, 2.45) is 0 Å². The first kappa shape index (κ1) is 10.5. The van der Waals surface area contributed by atoms with Gasteiger partial charge >= 0.3 is 0 Å². The molecule has 0 bridgehead atoms. The summed E-state index contributed by atoms with van der Waals surface area (Å²) in [7, 11) is 0. The highest BCUT2D eigenvalue weighted by Crippen LogP contribution is 2.02. The van der Waals surface area contributed by atoms with Crippen LogP contribution in [-0.2, 0) is 4.79 Å². The number of carbonyl (C=O) groups excluding carboxylic acids is 1. The van der Waals surface area contributed by atoms with Crippen LogP contribution in [-0.4, -0.2) is 21.3 Å². The maximum Gasteiger partial charge on any atom is 0.258 e. The van der Waals surface area contributed by atoms with Crippen LogP contribution < -0.4 is 5.32 Å². The van der Waals surface area contributed by atoms with E-state index in [0.717, 1.165) is 0 Å². The Labute approximate surface area is 78.6 Å². The third-order valence-corrected chi connectivity index (χ3v) is 2.08. The highest BCUT2D eigenvalue weighted by molar-refractivity contribution is 8.22. The zero-order valence-electron chi connectivity index (χ0n) is 5.06. The Balaban J connectivity index is 3.69. The van der Waals surface area contributed by atoms with Gasteiger partial charge in [-0.25, -0.2) is 0 Å². The van der Waals surface area contributed by atoms with Crippen LogP contribution in [0.1, 0.15) is 0 Å². The predicted octanol–water partition coefficient (Wildman–Crippen LogP) is 1.55. The monoisotopic (exact) mass is 217 g/mol. The molecule has 0 aliphatic carbocycles. The third kappa shape index (κ3) is 4.33. The van der Waals surface area contributed by atoms with Crippen molar-refractivity contribution in [1.82, 2.24) is 5.32 Å². The van der Waals surface area contributed by atoms with Crippen molar-refractivity contribution in [3.05, 3.63) is 0 Å². The molecule has 0 saturated carbocycles. The third-order valence-electron chi connectivity index (χ3n) is 0.609. The Kier molecular flexibility index (Phi) is 5.44. The van der Waals surface area contributed by atoms with Crippen molar-refractivity contribution in [3.8, 4) is 0 Å². The van der Waals surface area contributed by atoms with Crippen LogP contribution in [0.25, 0.3) is 0 Å². The lowest BCUT2D eigenvalue weighted by Gasteiger charge is -2.02. The van der Waals surface area contributed by atoms with E-state index in [4.69, 9.17) is 23.2 Å². The van der Waals surface area contributed by atoms with Crippen LogP contribution in [0.3, 0.4) is 0 Å². The van der Waals surface area contributed by atoms with E-state index < -0.39 is 10.7 Å². The summed E-state index contributed by atoms with van der Waals surface area (Å²) in [6.45, 7) is 0. The molecule has 0 aliphatic rings. The van der Waals surface area contributed by atoms with Gasteiger partial charge in [0.2, 0.25) is 0 Å². The quantitative estimate of drug-likeness (QED) is 0.534. The summed E-state index contributed by atoms with van der Waals surface area (Å²) in [6.07, 6.45) is 1.75. The maximum absolute atomic E-state index is 10.6. The number of alkyl halides is 2. The Bertz CT molecular complexity index is 150. The van der Waals surface area contributed by atoms with Crippen LogP contribution in [0.5, 0.6) is 0 Å². The van der Waals surface area contributed by atoms with Gasteiger partial charge < -0.3 is 5.32 Å². The lowest BCUT2D eigenvalue weighted by Crippen LogP contribution is -2.31. The first-order valence-electron chi connectivity index (χ1n) is 2.25. The van der Waals surface area contributed by atoms with Gasteiger partial charge in [-0.05, 0) is 6.26 Å². The summed E-state index contributed by atoms with van der Waals surface area (Å²) in [5.41, 5.74) is 0. The molecular weight excluding hydrogens is 213 g/mol. The minimum absolute atomic E-state index is 0.372. The van der Waals surface area contributed by atoms with Gasteiger partial charge in [-0.2, -0.15) is 0 Å². The van der Waals surface area contributed by atoms with Gasteiger partial charge in [0.1, 0.15) is 4.32 Å². The molecule has 0 aromatic rings. The number of halogens is 2. The van der Waals surface area contributed by atoms with Gasteiger partial charge in [0, 0.05) is 0 Å². The van der Waals surface area contributed by atoms with E-state index in [9.17, 15) is 4.79 Å². The van der Waals surface area contributed by atoms with Gasteiger partial charge in [0.15, 0.2) is 4.84 Å². The number of thiocarbonyl (C=S) groups is 1. The van der Waals surface area contributed by atoms with Crippen LogP contribution in [0.4, 0.5) is 0 Å². The molecule has 0 fully saturated rings. The average Bonchev–Trinajstić information content (AvgIpc) is 1.87. The lowest BCUT2D eigenvalue weighted by atomic mass is 10.7. The van der Waals surface area contributed by atoms with E-state index in [1.165, 1.54) is 11.8 Å².